The largest absolute Gasteiger partial charge is 0.392 e. The number of tetrazole rings is 1. The number of anilines is 1. The predicted octanol–water partition coefficient (Wildman–Crippen LogP) is 5.54. The van der Waals surface area contributed by atoms with E-state index in [1.54, 1.807) is 53.2 Å². The number of aliphatic hydroxyl groups is 1. The molecular formula is C32H31N5O5S2. The van der Waals surface area contributed by atoms with Crippen molar-refractivity contribution in [1.29, 1.82) is 0 Å². The summed E-state index contributed by atoms with van der Waals surface area (Å²) in [6, 6.07) is 32.6. The van der Waals surface area contributed by atoms with Crippen LogP contribution in [0.2, 0.25) is 0 Å². The van der Waals surface area contributed by atoms with Crippen LogP contribution in [0.3, 0.4) is 0 Å². The molecule has 1 aromatic heterocycles. The van der Waals surface area contributed by atoms with E-state index in [9.17, 15) is 13.5 Å². The Labute approximate surface area is 260 Å². The van der Waals surface area contributed by atoms with Gasteiger partial charge >= 0.3 is 0 Å². The minimum absolute atomic E-state index is 0.0474. The summed E-state index contributed by atoms with van der Waals surface area (Å²) >= 11 is 1.49. The van der Waals surface area contributed by atoms with Crippen molar-refractivity contribution < 1.29 is 23.0 Å². The van der Waals surface area contributed by atoms with E-state index in [4.69, 9.17) is 9.47 Å². The van der Waals surface area contributed by atoms with Crippen molar-refractivity contribution in [3.63, 3.8) is 0 Å². The molecule has 44 heavy (non-hydrogen) atoms. The van der Waals surface area contributed by atoms with E-state index in [1.807, 2.05) is 60.7 Å². The molecule has 4 atom stereocenters. The molecule has 0 aliphatic carbocycles. The molecule has 6 rings (SSSR count). The van der Waals surface area contributed by atoms with Gasteiger partial charge in [-0.1, -0.05) is 91.5 Å². The van der Waals surface area contributed by atoms with Gasteiger partial charge in [-0.15, -0.1) is 5.10 Å². The Kier molecular flexibility index (Phi) is 9.05. The zero-order valence-corrected chi connectivity index (χ0v) is 25.4. The lowest BCUT2D eigenvalue weighted by molar-refractivity contribution is -0.268. The third-order valence-electron chi connectivity index (χ3n) is 7.41. The summed E-state index contributed by atoms with van der Waals surface area (Å²) in [5.74, 6) is 0.485. The molecule has 1 aliphatic heterocycles. The van der Waals surface area contributed by atoms with Gasteiger partial charge in [0.05, 0.1) is 29.4 Å². The fourth-order valence-electron chi connectivity index (χ4n) is 5.03. The number of nitrogens with one attached hydrogen (secondary N) is 1. The first-order chi connectivity index (χ1) is 21.4. The number of para-hydroxylation sites is 1. The SMILES string of the molecule is C[C@@H]1[C@H](CSc2nnnn2-c2ccccc2)O[C@H](c2cccc(NS(=O)(=O)c3ccccc3)c2)O[C@@H]1c1ccc(CO)cc1. The minimum Gasteiger partial charge on any atom is -0.392 e. The van der Waals surface area contributed by atoms with Gasteiger partial charge in [-0.3, -0.25) is 4.72 Å². The Morgan fingerprint density at radius 2 is 1.61 bits per heavy atom. The second-order valence-corrected chi connectivity index (χ2v) is 13.1. The zero-order chi connectivity index (χ0) is 30.5. The Balaban J connectivity index is 1.26. The van der Waals surface area contributed by atoms with Crippen molar-refractivity contribution in [3.05, 3.63) is 126 Å². The van der Waals surface area contributed by atoms with Gasteiger partial charge in [0.2, 0.25) is 5.16 Å². The molecule has 0 amide bonds. The van der Waals surface area contributed by atoms with Gasteiger partial charge in [0.15, 0.2) is 6.29 Å². The van der Waals surface area contributed by atoms with Crippen molar-refractivity contribution in [1.82, 2.24) is 20.2 Å². The highest BCUT2D eigenvalue weighted by atomic mass is 32.2. The van der Waals surface area contributed by atoms with Crippen molar-refractivity contribution in [2.75, 3.05) is 10.5 Å². The standard InChI is InChI=1S/C32H31N5O5S2/c1-22-29(21-43-32-33-35-36-37(32)27-11-4-2-5-12-27)41-31(42-30(22)24-17-15-23(20-38)16-18-24)25-9-8-10-26(19-25)34-44(39,40)28-13-6-3-7-14-28/h2-19,22,29-31,34,38H,20-21H2,1H3/t22-,29+,30+,31+/m1/s1. The molecule has 0 saturated carbocycles. The third kappa shape index (κ3) is 6.69. The number of sulfonamides is 1. The summed E-state index contributed by atoms with van der Waals surface area (Å²) in [6.07, 6.45) is -1.38. The van der Waals surface area contributed by atoms with E-state index in [0.29, 0.717) is 22.2 Å². The first-order valence-electron chi connectivity index (χ1n) is 14.1. The summed E-state index contributed by atoms with van der Waals surface area (Å²) in [4.78, 5) is 0.172. The summed E-state index contributed by atoms with van der Waals surface area (Å²) in [7, 11) is -3.78. The second kappa shape index (κ2) is 13.3. The summed E-state index contributed by atoms with van der Waals surface area (Å²) in [6.45, 7) is 2.03. The van der Waals surface area contributed by atoms with Crippen LogP contribution in [-0.2, 0) is 26.1 Å². The van der Waals surface area contributed by atoms with E-state index in [0.717, 1.165) is 16.8 Å². The Bertz CT molecular complexity index is 1790. The lowest BCUT2D eigenvalue weighted by Crippen LogP contribution is -2.38. The maximum atomic E-state index is 13.0. The van der Waals surface area contributed by atoms with E-state index < -0.39 is 16.3 Å². The molecule has 1 aliphatic rings. The van der Waals surface area contributed by atoms with Crippen molar-refractivity contribution >= 4 is 27.5 Å². The first kappa shape index (κ1) is 30.0. The highest BCUT2D eigenvalue weighted by Gasteiger charge is 2.38. The van der Waals surface area contributed by atoms with E-state index >= 15 is 0 Å². The molecule has 2 heterocycles. The second-order valence-electron chi connectivity index (χ2n) is 10.4. The van der Waals surface area contributed by atoms with Crippen molar-refractivity contribution in [3.8, 4) is 5.69 Å². The highest BCUT2D eigenvalue weighted by molar-refractivity contribution is 7.99. The minimum atomic E-state index is -3.78. The van der Waals surface area contributed by atoms with E-state index in [2.05, 4.69) is 27.2 Å². The molecule has 226 valence electrons. The number of thioether (sulfide) groups is 1. The van der Waals surface area contributed by atoms with E-state index in [1.165, 1.54) is 11.8 Å². The number of hydrogen-bond donors (Lipinski definition) is 2. The van der Waals surface area contributed by atoms with E-state index in [-0.39, 0.29) is 29.6 Å². The van der Waals surface area contributed by atoms with Crippen LogP contribution in [-0.4, -0.2) is 45.6 Å². The van der Waals surface area contributed by atoms with Crippen LogP contribution in [0.1, 0.15) is 36.0 Å². The molecular weight excluding hydrogens is 599 g/mol. The number of rotatable bonds is 10. The molecule has 5 aromatic rings. The number of hydrogen-bond acceptors (Lipinski definition) is 9. The Morgan fingerprint density at radius 3 is 2.34 bits per heavy atom. The average molecular weight is 630 g/mol. The fraction of sp³-hybridized carbons (Fsp3) is 0.219. The van der Waals surface area contributed by atoms with Gasteiger partial charge in [-0.05, 0) is 58.0 Å². The molecule has 0 radical (unpaired) electrons. The molecule has 12 heteroatoms. The first-order valence-corrected chi connectivity index (χ1v) is 16.5. The molecule has 1 fully saturated rings. The number of aromatic nitrogens is 4. The van der Waals surface area contributed by atoms with Gasteiger partial charge in [0.25, 0.3) is 10.0 Å². The van der Waals surface area contributed by atoms with Gasteiger partial charge in [0, 0.05) is 22.9 Å². The summed E-state index contributed by atoms with van der Waals surface area (Å²) in [5.41, 5.74) is 3.69. The lowest BCUT2D eigenvalue weighted by Gasteiger charge is -2.41. The quantitative estimate of drug-likeness (QED) is 0.191. The molecule has 1 saturated heterocycles. The van der Waals surface area contributed by atoms with Crippen LogP contribution in [0, 0.1) is 5.92 Å². The Hall–Kier alpha value is -4.07. The normalized spacial score (nSPS) is 20.3. The molecule has 0 unspecified atom stereocenters. The van der Waals surface area contributed by atoms with Crippen molar-refractivity contribution in [2.45, 2.75) is 42.1 Å². The third-order valence-corrected chi connectivity index (χ3v) is 9.81. The Morgan fingerprint density at radius 1 is 0.886 bits per heavy atom. The molecule has 4 aromatic carbocycles. The molecule has 0 spiro atoms. The van der Waals surface area contributed by atoms with Crippen LogP contribution in [0.5, 0.6) is 0 Å². The smallest absolute Gasteiger partial charge is 0.261 e. The van der Waals surface area contributed by atoms with Crippen molar-refractivity contribution in [2.24, 2.45) is 5.92 Å². The monoisotopic (exact) mass is 629 g/mol. The predicted molar refractivity (Wildman–Crippen MR) is 167 cm³/mol. The maximum absolute atomic E-state index is 13.0. The van der Waals surface area contributed by atoms with Gasteiger partial charge in [-0.25, -0.2) is 8.42 Å². The molecule has 10 nitrogen and oxygen atoms in total. The molecule has 0 bridgehead atoms. The van der Waals surface area contributed by atoms with Crippen LogP contribution in [0.15, 0.2) is 119 Å². The van der Waals surface area contributed by atoms with Crippen LogP contribution in [0.25, 0.3) is 5.69 Å². The van der Waals surface area contributed by atoms with Crippen LogP contribution >= 0.6 is 11.8 Å². The topological polar surface area (TPSA) is 128 Å². The fourth-order valence-corrected chi connectivity index (χ4v) is 7.15. The number of benzene rings is 4. The average Bonchev–Trinajstić information content (AvgIpc) is 3.54. The lowest BCUT2D eigenvalue weighted by atomic mass is 9.91. The van der Waals surface area contributed by atoms with Gasteiger partial charge in [0.1, 0.15) is 0 Å². The summed E-state index contributed by atoms with van der Waals surface area (Å²) in [5, 5.41) is 22.5. The summed E-state index contributed by atoms with van der Waals surface area (Å²) < 4.78 is 43.4. The highest BCUT2D eigenvalue weighted by Crippen LogP contribution is 2.43. The number of nitrogens with zero attached hydrogens (tertiary/aromatic N) is 4. The van der Waals surface area contributed by atoms with Gasteiger partial charge < -0.3 is 14.6 Å². The zero-order valence-electron chi connectivity index (χ0n) is 23.8. The molecule has 2 N–H and O–H groups in total. The van der Waals surface area contributed by atoms with Crippen LogP contribution < -0.4 is 4.72 Å². The van der Waals surface area contributed by atoms with Crippen LogP contribution in [0.4, 0.5) is 5.69 Å². The number of aliphatic hydroxyl groups excluding tert-OH is 1. The van der Waals surface area contributed by atoms with Gasteiger partial charge in [-0.2, -0.15) is 4.68 Å². The number of ether oxygens (including phenoxy) is 2. The maximum Gasteiger partial charge on any atom is 0.261 e.